The predicted molar refractivity (Wildman–Crippen MR) is 78.6 cm³/mol. The van der Waals surface area contributed by atoms with Crippen LogP contribution in [0.4, 0.5) is 4.79 Å². The van der Waals surface area contributed by atoms with Crippen molar-refractivity contribution in [2.75, 3.05) is 0 Å². The van der Waals surface area contributed by atoms with Gasteiger partial charge in [0.1, 0.15) is 5.92 Å². The Bertz CT molecular complexity index is 609. The molecule has 1 heterocycles. The maximum Gasteiger partial charge on any atom is 0.331 e. The Morgan fingerprint density at radius 2 is 2.10 bits per heavy atom. The van der Waals surface area contributed by atoms with Gasteiger partial charge in [-0.2, -0.15) is 0 Å². The number of barbiturate groups is 1. The van der Waals surface area contributed by atoms with Crippen LogP contribution in [-0.2, 0) is 9.59 Å². The number of rotatable bonds is 4. The summed E-state index contributed by atoms with van der Waals surface area (Å²) in [5.74, 6) is -2.03. The highest BCUT2D eigenvalue weighted by molar-refractivity contribution is 6.19. The molecule has 1 aliphatic rings. The minimum atomic E-state index is -0.977. The van der Waals surface area contributed by atoms with Gasteiger partial charge in [-0.25, -0.2) is 4.79 Å². The van der Waals surface area contributed by atoms with E-state index in [0.717, 1.165) is 10.5 Å². The van der Waals surface area contributed by atoms with Crippen molar-refractivity contribution in [3.63, 3.8) is 0 Å². The molecular weight excluding hydrogens is 268 g/mol. The van der Waals surface area contributed by atoms with E-state index in [4.69, 9.17) is 0 Å². The number of carbonyl (C=O) groups is 3. The lowest BCUT2D eigenvalue weighted by atomic mass is 9.93. The fourth-order valence-electron chi connectivity index (χ4n) is 2.50. The van der Waals surface area contributed by atoms with Gasteiger partial charge in [-0.05, 0) is 25.8 Å². The van der Waals surface area contributed by atoms with E-state index >= 15 is 0 Å². The third-order valence-corrected chi connectivity index (χ3v) is 3.52. The van der Waals surface area contributed by atoms with Gasteiger partial charge in [-0.1, -0.05) is 35.9 Å². The molecule has 1 fully saturated rings. The summed E-state index contributed by atoms with van der Waals surface area (Å²) in [4.78, 5) is 37.7. The van der Waals surface area contributed by atoms with Gasteiger partial charge in [-0.3, -0.25) is 19.8 Å². The normalized spacial score (nSPS) is 20.2. The summed E-state index contributed by atoms with van der Waals surface area (Å²) in [7, 11) is 0. The van der Waals surface area contributed by atoms with Crippen LogP contribution in [0.5, 0.6) is 0 Å². The number of hydrogen-bond acceptors (Lipinski definition) is 3. The molecule has 0 aromatic heterocycles. The number of nitrogens with zero attached hydrogens (tertiary/aromatic N) is 1. The first-order valence-electron chi connectivity index (χ1n) is 6.81. The zero-order chi connectivity index (χ0) is 15.6. The third-order valence-electron chi connectivity index (χ3n) is 3.52. The molecular formula is C16H18N2O3. The molecule has 21 heavy (non-hydrogen) atoms. The van der Waals surface area contributed by atoms with Gasteiger partial charge in [0.05, 0.1) is 0 Å². The number of nitrogens with one attached hydrogen (secondary N) is 1. The average molecular weight is 286 g/mol. The summed E-state index contributed by atoms with van der Waals surface area (Å²) >= 11 is 0. The van der Waals surface area contributed by atoms with Crippen LogP contribution in [0.25, 0.3) is 0 Å². The van der Waals surface area contributed by atoms with Crippen LogP contribution in [0.1, 0.15) is 30.4 Å². The van der Waals surface area contributed by atoms with Gasteiger partial charge < -0.3 is 0 Å². The van der Waals surface area contributed by atoms with Crippen molar-refractivity contribution in [2.45, 2.75) is 32.2 Å². The molecule has 1 aromatic rings. The zero-order valence-corrected chi connectivity index (χ0v) is 12.1. The van der Waals surface area contributed by atoms with E-state index in [1.165, 1.54) is 0 Å². The highest BCUT2D eigenvalue weighted by atomic mass is 16.2. The van der Waals surface area contributed by atoms with Crippen LogP contribution < -0.4 is 5.32 Å². The number of hydrogen-bond donors (Lipinski definition) is 1. The fraction of sp³-hybridized carbons (Fsp3) is 0.312. The molecule has 0 spiro atoms. The molecule has 1 N–H and O–H groups in total. The van der Waals surface area contributed by atoms with Crippen molar-refractivity contribution in [1.82, 2.24) is 10.2 Å². The lowest BCUT2D eigenvalue weighted by Crippen LogP contribution is -2.59. The van der Waals surface area contributed by atoms with E-state index in [1.807, 2.05) is 13.0 Å². The number of aryl methyl sites for hydroxylation is 1. The Morgan fingerprint density at radius 1 is 1.38 bits per heavy atom. The van der Waals surface area contributed by atoms with E-state index in [0.29, 0.717) is 12.0 Å². The van der Waals surface area contributed by atoms with Crippen molar-refractivity contribution in [3.8, 4) is 0 Å². The number of amides is 4. The van der Waals surface area contributed by atoms with Crippen LogP contribution in [-0.4, -0.2) is 28.8 Å². The van der Waals surface area contributed by atoms with Gasteiger partial charge in [0.15, 0.2) is 0 Å². The molecule has 1 saturated heterocycles. The van der Waals surface area contributed by atoms with Crippen LogP contribution in [0.15, 0.2) is 36.9 Å². The number of urea groups is 1. The summed E-state index contributed by atoms with van der Waals surface area (Å²) < 4.78 is 0. The van der Waals surface area contributed by atoms with Crippen molar-refractivity contribution in [2.24, 2.45) is 0 Å². The lowest BCUT2D eigenvalue weighted by molar-refractivity contribution is -0.139. The summed E-state index contributed by atoms with van der Waals surface area (Å²) in [6.07, 6.45) is 2.12. The first kappa shape index (κ1) is 15.0. The van der Waals surface area contributed by atoms with Gasteiger partial charge in [-0.15, -0.1) is 6.58 Å². The molecule has 2 atom stereocenters. The lowest BCUT2D eigenvalue weighted by Gasteiger charge is -2.34. The summed E-state index contributed by atoms with van der Waals surface area (Å²) in [5.41, 5.74) is 1.55. The SMILES string of the molecule is C=CCC(C)N1C(=O)NC(=O)C(c2cccc(C)c2)C1=O. The largest absolute Gasteiger partial charge is 0.331 e. The van der Waals surface area contributed by atoms with Crippen LogP contribution in [0, 0.1) is 6.92 Å². The monoisotopic (exact) mass is 286 g/mol. The second-order valence-electron chi connectivity index (χ2n) is 5.22. The predicted octanol–water partition coefficient (Wildman–Crippen LogP) is 2.12. The highest BCUT2D eigenvalue weighted by Crippen LogP contribution is 2.25. The Morgan fingerprint density at radius 3 is 2.71 bits per heavy atom. The van der Waals surface area contributed by atoms with E-state index in [9.17, 15) is 14.4 Å². The zero-order valence-electron chi connectivity index (χ0n) is 12.1. The van der Waals surface area contributed by atoms with E-state index in [-0.39, 0.29) is 6.04 Å². The molecule has 5 heteroatoms. The molecule has 0 aliphatic carbocycles. The molecule has 1 aliphatic heterocycles. The first-order chi connectivity index (χ1) is 9.95. The average Bonchev–Trinajstić information content (AvgIpc) is 2.38. The Hall–Kier alpha value is -2.43. The molecule has 4 amide bonds. The molecule has 0 radical (unpaired) electrons. The Balaban J connectivity index is 2.37. The van der Waals surface area contributed by atoms with Crippen molar-refractivity contribution in [3.05, 3.63) is 48.0 Å². The van der Waals surface area contributed by atoms with Crippen LogP contribution >= 0.6 is 0 Å². The standard InChI is InChI=1S/C16H18N2O3/c1-4-6-11(3)18-15(20)13(14(19)17-16(18)21)12-8-5-7-10(2)9-12/h4-5,7-9,11,13H,1,6H2,2-3H3,(H,17,19,21). The van der Waals surface area contributed by atoms with Gasteiger partial charge in [0, 0.05) is 6.04 Å². The fourth-order valence-corrected chi connectivity index (χ4v) is 2.50. The van der Waals surface area contributed by atoms with Crippen molar-refractivity contribution in [1.29, 1.82) is 0 Å². The maximum absolute atomic E-state index is 12.6. The second-order valence-corrected chi connectivity index (χ2v) is 5.22. The number of benzene rings is 1. The molecule has 0 bridgehead atoms. The van der Waals surface area contributed by atoms with Gasteiger partial charge in [0.25, 0.3) is 0 Å². The van der Waals surface area contributed by atoms with Crippen molar-refractivity contribution < 1.29 is 14.4 Å². The molecule has 0 saturated carbocycles. The third kappa shape index (κ3) is 2.86. The number of imide groups is 2. The summed E-state index contributed by atoms with van der Waals surface area (Å²) in [5, 5.41) is 2.26. The maximum atomic E-state index is 12.6. The van der Waals surface area contributed by atoms with Gasteiger partial charge in [0.2, 0.25) is 11.8 Å². The minimum absolute atomic E-state index is 0.338. The smallest absolute Gasteiger partial charge is 0.277 e. The van der Waals surface area contributed by atoms with Crippen molar-refractivity contribution >= 4 is 17.8 Å². The molecule has 2 rings (SSSR count). The topological polar surface area (TPSA) is 66.5 Å². The van der Waals surface area contributed by atoms with Crippen LogP contribution in [0.3, 0.4) is 0 Å². The second kappa shape index (κ2) is 5.91. The number of carbonyl (C=O) groups excluding carboxylic acids is 3. The Labute approximate surface area is 123 Å². The van der Waals surface area contributed by atoms with E-state index in [1.54, 1.807) is 31.2 Å². The molecule has 5 nitrogen and oxygen atoms in total. The molecule has 1 aromatic carbocycles. The quantitative estimate of drug-likeness (QED) is 0.681. The minimum Gasteiger partial charge on any atom is -0.277 e. The highest BCUT2D eigenvalue weighted by Gasteiger charge is 2.42. The van der Waals surface area contributed by atoms with E-state index < -0.39 is 23.8 Å². The first-order valence-corrected chi connectivity index (χ1v) is 6.81. The summed E-state index contributed by atoms with van der Waals surface area (Å²) in [6, 6.07) is 6.19. The Kier molecular flexibility index (Phi) is 4.21. The van der Waals surface area contributed by atoms with Gasteiger partial charge >= 0.3 is 6.03 Å². The van der Waals surface area contributed by atoms with E-state index in [2.05, 4.69) is 11.9 Å². The van der Waals surface area contributed by atoms with Crippen LogP contribution in [0.2, 0.25) is 0 Å². The molecule has 2 unspecified atom stereocenters. The summed E-state index contributed by atoms with van der Waals surface area (Å²) in [6.45, 7) is 7.25. The molecule has 110 valence electrons.